The van der Waals surface area contributed by atoms with Crippen LogP contribution in [-0.4, -0.2) is 53.3 Å². The Kier molecular flexibility index (Phi) is 6.77. The molecule has 2 heterocycles. The Morgan fingerprint density at radius 3 is 2.72 bits per heavy atom. The fourth-order valence-corrected chi connectivity index (χ4v) is 4.01. The van der Waals surface area contributed by atoms with E-state index in [1.54, 1.807) is 0 Å². The Bertz CT molecular complexity index is 1100. The molecule has 1 fully saturated rings. The number of benzene rings is 2. The average Bonchev–Trinajstić information content (AvgIpc) is 3.07. The summed E-state index contributed by atoms with van der Waals surface area (Å²) in [6, 6.07) is 11.9. The zero-order valence-corrected chi connectivity index (χ0v) is 19.4. The van der Waals surface area contributed by atoms with Gasteiger partial charge in [-0.15, -0.1) is 0 Å². The summed E-state index contributed by atoms with van der Waals surface area (Å²) in [4.78, 5) is 19.7. The third-order valence-corrected chi connectivity index (χ3v) is 5.88. The van der Waals surface area contributed by atoms with Crippen molar-refractivity contribution in [3.8, 4) is 5.75 Å². The average molecular weight is 437 g/mol. The van der Waals surface area contributed by atoms with E-state index in [9.17, 15) is 4.79 Å². The number of fused-ring (bicyclic) bond motifs is 1. The van der Waals surface area contributed by atoms with Crippen LogP contribution >= 0.6 is 0 Å². The van der Waals surface area contributed by atoms with E-state index in [1.165, 1.54) is 0 Å². The predicted octanol–water partition coefficient (Wildman–Crippen LogP) is 3.85. The molecule has 0 bridgehead atoms. The molecule has 0 spiro atoms. The number of morpholine rings is 1. The quantitative estimate of drug-likeness (QED) is 0.609. The van der Waals surface area contributed by atoms with E-state index in [2.05, 4.69) is 40.8 Å². The summed E-state index contributed by atoms with van der Waals surface area (Å²) in [5.74, 6) is 1.91. The molecule has 7 heteroatoms. The number of aryl methyl sites for hydroxylation is 2. The van der Waals surface area contributed by atoms with E-state index in [1.807, 2.05) is 38.2 Å². The maximum Gasteiger partial charge on any atom is 0.262 e. The number of ether oxygens (including phenoxy) is 2. The van der Waals surface area contributed by atoms with Gasteiger partial charge in [-0.05, 0) is 48.2 Å². The van der Waals surface area contributed by atoms with Crippen LogP contribution in [-0.2, 0) is 23.1 Å². The van der Waals surface area contributed by atoms with Crippen molar-refractivity contribution in [2.45, 2.75) is 33.2 Å². The van der Waals surface area contributed by atoms with Crippen LogP contribution in [0.25, 0.3) is 11.0 Å². The van der Waals surface area contributed by atoms with Crippen LogP contribution in [0.4, 0.5) is 5.69 Å². The number of imidazole rings is 1. The third-order valence-electron chi connectivity index (χ3n) is 5.88. The molecule has 1 amide bonds. The summed E-state index contributed by atoms with van der Waals surface area (Å²) in [5.41, 5.74) is 4.85. The molecule has 32 heavy (non-hydrogen) atoms. The fourth-order valence-electron chi connectivity index (χ4n) is 4.01. The van der Waals surface area contributed by atoms with Crippen molar-refractivity contribution in [2.24, 2.45) is 7.05 Å². The summed E-state index contributed by atoms with van der Waals surface area (Å²) in [6.45, 7) is 10.4. The van der Waals surface area contributed by atoms with Crippen molar-refractivity contribution in [2.75, 3.05) is 38.2 Å². The highest BCUT2D eigenvalue weighted by molar-refractivity contribution is 5.94. The molecule has 3 aromatic rings. The van der Waals surface area contributed by atoms with E-state index < -0.39 is 0 Å². The summed E-state index contributed by atoms with van der Waals surface area (Å²) in [7, 11) is 2.03. The first kappa shape index (κ1) is 22.3. The van der Waals surface area contributed by atoms with E-state index in [0.29, 0.717) is 5.92 Å². The second-order valence-electron chi connectivity index (χ2n) is 8.71. The zero-order chi connectivity index (χ0) is 22.7. The molecule has 0 saturated carbocycles. The molecule has 0 aliphatic carbocycles. The SMILES string of the molecule is Cc1ccc(C(C)C)c(OCC(=O)Nc2ccc3c(c2)nc(CN2CCOCC2)n3C)c1. The van der Waals surface area contributed by atoms with Crippen molar-refractivity contribution in [1.82, 2.24) is 14.5 Å². The van der Waals surface area contributed by atoms with Crippen LogP contribution < -0.4 is 10.1 Å². The minimum absolute atomic E-state index is 0.0360. The predicted molar refractivity (Wildman–Crippen MR) is 126 cm³/mol. The molecular weight excluding hydrogens is 404 g/mol. The van der Waals surface area contributed by atoms with Crippen LogP contribution in [0.5, 0.6) is 5.75 Å². The molecule has 1 saturated heterocycles. The van der Waals surface area contributed by atoms with Crippen LogP contribution in [0.2, 0.25) is 0 Å². The lowest BCUT2D eigenvalue weighted by molar-refractivity contribution is -0.118. The number of nitrogens with one attached hydrogen (secondary N) is 1. The van der Waals surface area contributed by atoms with Gasteiger partial charge in [-0.3, -0.25) is 9.69 Å². The van der Waals surface area contributed by atoms with Crippen molar-refractivity contribution >= 4 is 22.6 Å². The molecular formula is C25H32N4O3. The molecule has 7 nitrogen and oxygen atoms in total. The number of carbonyl (C=O) groups is 1. The second kappa shape index (κ2) is 9.71. The van der Waals surface area contributed by atoms with E-state index >= 15 is 0 Å². The fraction of sp³-hybridized carbons (Fsp3) is 0.440. The topological polar surface area (TPSA) is 68.6 Å². The van der Waals surface area contributed by atoms with E-state index in [4.69, 9.17) is 14.5 Å². The molecule has 1 N–H and O–H groups in total. The monoisotopic (exact) mass is 436 g/mol. The molecule has 4 rings (SSSR count). The highest BCUT2D eigenvalue weighted by Crippen LogP contribution is 2.27. The summed E-state index contributed by atoms with van der Waals surface area (Å²) in [6.07, 6.45) is 0. The number of nitrogens with zero attached hydrogens (tertiary/aromatic N) is 3. The maximum atomic E-state index is 12.5. The normalized spacial score (nSPS) is 14.8. The Morgan fingerprint density at radius 2 is 1.97 bits per heavy atom. The van der Waals surface area contributed by atoms with Gasteiger partial charge in [0.15, 0.2) is 6.61 Å². The van der Waals surface area contributed by atoms with Gasteiger partial charge in [0.1, 0.15) is 11.6 Å². The molecule has 2 aromatic carbocycles. The Balaban J connectivity index is 1.42. The van der Waals surface area contributed by atoms with Gasteiger partial charge >= 0.3 is 0 Å². The molecule has 1 aliphatic rings. The molecule has 170 valence electrons. The standard InChI is InChI=1S/C25H32N4O3/c1-17(2)20-7-5-18(3)13-23(20)32-16-25(30)26-19-6-8-22-21(14-19)27-24(28(22)4)15-29-9-11-31-12-10-29/h5-8,13-14,17H,9-12,15-16H2,1-4H3,(H,26,30). The molecule has 1 aromatic heterocycles. The second-order valence-corrected chi connectivity index (χ2v) is 8.71. The van der Waals surface area contributed by atoms with Gasteiger partial charge < -0.3 is 19.4 Å². The number of rotatable bonds is 7. The highest BCUT2D eigenvalue weighted by Gasteiger charge is 2.16. The highest BCUT2D eigenvalue weighted by atomic mass is 16.5. The number of amides is 1. The molecule has 0 radical (unpaired) electrons. The van der Waals surface area contributed by atoms with Crippen molar-refractivity contribution in [1.29, 1.82) is 0 Å². The zero-order valence-electron chi connectivity index (χ0n) is 19.4. The first-order valence-electron chi connectivity index (χ1n) is 11.2. The lowest BCUT2D eigenvalue weighted by atomic mass is 10.0. The van der Waals surface area contributed by atoms with Gasteiger partial charge in [-0.25, -0.2) is 4.98 Å². The van der Waals surface area contributed by atoms with Crippen LogP contribution in [0, 0.1) is 6.92 Å². The smallest absolute Gasteiger partial charge is 0.262 e. The Hall–Kier alpha value is -2.90. The molecule has 1 aliphatic heterocycles. The van der Waals surface area contributed by atoms with Crippen LogP contribution in [0.3, 0.4) is 0 Å². The minimum atomic E-state index is -0.190. The summed E-state index contributed by atoms with van der Waals surface area (Å²) >= 11 is 0. The van der Waals surface area contributed by atoms with Gasteiger partial charge in [0, 0.05) is 25.8 Å². The number of carbonyl (C=O) groups excluding carboxylic acids is 1. The van der Waals surface area contributed by atoms with E-state index in [0.717, 1.165) is 72.3 Å². The largest absolute Gasteiger partial charge is 0.483 e. The van der Waals surface area contributed by atoms with E-state index in [-0.39, 0.29) is 12.5 Å². The van der Waals surface area contributed by atoms with Gasteiger partial charge in [0.05, 0.1) is 30.8 Å². The van der Waals surface area contributed by atoms with Crippen LogP contribution in [0.15, 0.2) is 36.4 Å². The van der Waals surface area contributed by atoms with Crippen LogP contribution in [0.1, 0.15) is 36.7 Å². The van der Waals surface area contributed by atoms with Gasteiger partial charge in [0.25, 0.3) is 5.91 Å². The lowest BCUT2D eigenvalue weighted by Gasteiger charge is -2.26. The number of hydrogen-bond donors (Lipinski definition) is 1. The van der Waals surface area contributed by atoms with Gasteiger partial charge in [-0.2, -0.15) is 0 Å². The Labute approximate surface area is 189 Å². The Morgan fingerprint density at radius 1 is 1.19 bits per heavy atom. The molecule has 0 atom stereocenters. The summed E-state index contributed by atoms with van der Waals surface area (Å²) < 4.78 is 13.4. The van der Waals surface area contributed by atoms with Gasteiger partial charge in [0.2, 0.25) is 0 Å². The maximum absolute atomic E-state index is 12.5. The first-order valence-corrected chi connectivity index (χ1v) is 11.2. The number of hydrogen-bond acceptors (Lipinski definition) is 5. The minimum Gasteiger partial charge on any atom is -0.483 e. The molecule has 0 unspecified atom stereocenters. The third kappa shape index (κ3) is 5.11. The van der Waals surface area contributed by atoms with Crippen molar-refractivity contribution < 1.29 is 14.3 Å². The van der Waals surface area contributed by atoms with Crippen molar-refractivity contribution in [3.63, 3.8) is 0 Å². The number of aromatic nitrogens is 2. The van der Waals surface area contributed by atoms with Crippen molar-refractivity contribution in [3.05, 3.63) is 53.3 Å². The van der Waals surface area contributed by atoms with Gasteiger partial charge in [-0.1, -0.05) is 26.0 Å². The summed E-state index contributed by atoms with van der Waals surface area (Å²) in [5, 5.41) is 2.94. The first-order chi connectivity index (χ1) is 15.4. The number of anilines is 1. The lowest BCUT2D eigenvalue weighted by Crippen LogP contribution is -2.36.